The molecule has 0 aliphatic heterocycles. The Morgan fingerprint density at radius 2 is 1.96 bits per heavy atom. The molecule has 1 amide bonds. The molecule has 1 heterocycles. The van der Waals surface area contributed by atoms with E-state index in [1.165, 1.54) is 18.5 Å². The number of carbonyl (C=O) groups is 1. The lowest BCUT2D eigenvalue weighted by molar-refractivity contribution is 0.0945. The van der Waals surface area contributed by atoms with Crippen molar-refractivity contribution in [2.75, 3.05) is 5.32 Å². The zero-order chi connectivity index (χ0) is 18.5. The molecule has 0 bridgehead atoms. The van der Waals surface area contributed by atoms with Gasteiger partial charge in [-0.15, -0.1) is 0 Å². The highest BCUT2D eigenvalue weighted by atomic mass is 35.5. The third-order valence-corrected chi connectivity index (χ3v) is 3.99. The van der Waals surface area contributed by atoms with Gasteiger partial charge in [0.15, 0.2) is 0 Å². The molecule has 0 aliphatic carbocycles. The molecule has 0 atom stereocenters. The summed E-state index contributed by atoms with van der Waals surface area (Å²) in [7, 11) is 0. The van der Waals surface area contributed by atoms with E-state index >= 15 is 0 Å². The summed E-state index contributed by atoms with van der Waals surface area (Å²) < 4.78 is 13.6. The van der Waals surface area contributed by atoms with Crippen molar-refractivity contribution in [2.24, 2.45) is 0 Å². The molecule has 0 fully saturated rings. The van der Waals surface area contributed by atoms with Crippen LogP contribution < -0.4 is 10.6 Å². The van der Waals surface area contributed by atoms with E-state index in [2.05, 4.69) is 20.6 Å². The van der Waals surface area contributed by atoms with Gasteiger partial charge in [0, 0.05) is 28.9 Å². The number of carbonyl (C=O) groups excluding carboxylic acids is 1. The van der Waals surface area contributed by atoms with Crippen LogP contribution in [0.2, 0.25) is 5.02 Å². The second-order valence-electron chi connectivity index (χ2n) is 5.65. The molecule has 5 nitrogen and oxygen atoms in total. The standard InChI is InChI=1S/C19H16ClFN4O/c1-12-6-7-14(20)8-16(12)25-18-9-17(23-11-24-18)19(26)22-10-13-4-2-3-5-15(13)21/h2-9,11H,10H2,1H3,(H,22,26)(H,23,24,25). The van der Waals surface area contributed by atoms with E-state index in [0.717, 1.165) is 11.3 Å². The molecule has 0 saturated heterocycles. The normalized spacial score (nSPS) is 10.4. The Hall–Kier alpha value is -2.99. The number of amides is 1. The number of nitrogens with one attached hydrogen (secondary N) is 2. The molecule has 0 spiro atoms. The first-order valence-electron chi connectivity index (χ1n) is 7.90. The van der Waals surface area contributed by atoms with Crippen LogP contribution in [-0.2, 0) is 6.54 Å². The minimum absolute atomic E-state index is 0.0751. The summed E-state index contributed by atoms with van der Waals surface area (Å²) in [6.45, 7) is 2.01. The van der Waals surface area contributed by atoms with Crippen LogP contribution in [0.1, 0.15) is 21.6 Å². The number of aryl methyl sites for hydroxylation is 1. The fraction of sp³-hybridized carbons (Fsp3) is 0.105. The van der Waals surface area contributed by atoms with Gasteiger partial charge in [-0.3, -0.25) is 4.79 Å². The maximum Gasteiger partial charge on any atom is 0.270 e. The van der Waals surface area contributed by atoms with Crippen LogP contribution in [0, 0.1) is 12.7 Å². The molecule has 7 heteroatoms. The lowest BCUT2D eigenvalue weighted by atomic mass is 10.2. The highest BCUT2D eigenvalue weighted by molar-refractivity contribution is 6.30. The number of benzene rings is 2. The van der Waals surface area contributed by atoms with E-state index in [4.69, 9.17) is 11.6 Å². The number of nitrogens with zero attached hydrogens (tertiary/aromatic N) is 2. The minimum Gasteiger partial charge on any atom is -0.347 e. The Morgan fingerprint density at radius 1 is 1.15 bits per heavy atom. The first kappa shape index (κ1) is 17.8. The maximum absolute atomic E-state index is 13.6. The molecule has 0 saturated carbocycles. The van der Waals surface area contributed by atoms with E-state index in [-0.39, 0.29) is 18.1 Å². The van der Waals surface area contributed by atoms with Gasteiger partial charge in [0.2, 0.25) is 0 Å². The highest BCUT2D eigenvalue weighted by Gasteiger charge is 2.10. The van der Waals surface area contributed by atoms with E-state index in [0.29, 0.717) is 16.4 Å². The van der Waals surface area contributed by atoms with Gasteiger partial charge in [0.25, 0.3) is 5.91 Å². The van der Waals surface area contributed by atoms with Crippen LogP contribution in [0.25, 0.3) is 0 Å². The molecule has 2 aromatic carbocycles. The first-order valence-corrected chi connectivity index (χ1v) is 8.27. The fourth-order valence-corrected chi connectivity index (χ4v) is 2.50. The monoisotopic (exact) mass is 370 g/mol. The van der Waals surface area contributed by atoms with Crippen LogP contribution in [0.4, 0.5) is 15.9 Å². The second-order valence-corrected chi connectivity index (χ2v) is 6.08. The van der Waals surface area contributed by atoms with Crippen molar-refractivity contribution in [1.82, 2.24) is 15.3 Å². The van der Waals surface area contributed by atoms with E-state index in [1.54, 1.807) is 30.3 Å². The first-order chi connectivity index (χ1) is 12.5. The summed E-state index contributed by atoms with van der Waals surface area (Å²) >= 11 is 6.01. The van der Waals surface area contributed by atoms with Crippen LogP contribution in [0.5, 0.6) is 0 Å². The Bertz CT molecular complexity index is 948. The molecule has 3 aromatic rings. The van der Waals surface area contributed by atoms with Gasteiger partial charge in [-0.05, 0) is 30.7 Å². The lowest BCUT2D eigenvalue weighted by Crippen LogP contribution is -2.24. The van der Waals surface area contributed by atoms with Crippen LogP contribution in [0.15, 0.2) is 54.9 Å². The Morgan fingerprint density at radius 3 is 2.77 bits per heavy atom. The Kier molecular flexibility index (Phi) is 5.43. The minimum atomic E-state index is -0.415. The summed E-state index contributed by atoms with van der Waals surface area (Å²) in [6.07, 6.45) is 1.29. The van der Waals surface area contributed by atoms with Gasteiger partial charge in [-0.25, -0.2) is 14.4 Å². The molecular formula is C19H16ClFN4O. The SMILES string of the molecule is Cc1ccc(Cl)cc1Nc1cc(C(=O)NCc2ccccc2F)ncn1. The average molecular weight is 371 g/mol. The number of rotatable bonds is 5. The molecule has 0 unspecified atom stereocenters. The van der Waals surface area contributed by atoms with Crippen molar-refractivity contribution < 1.29 is 9.18 Å². The average Bonchev–Trinajstić information content (AvgIpc) is 2.64. The van der Waals surface area contributed by atoms with Crippen molar-refractivity contribution in [2.45, 2.75) is 13.5 Å². The third kappa shape index (κ3) is 4.34. The number of hydrogen-bond acceptors (Lipinski definition) is 4. The van der Waals surface area contributed by atoms with Crippen LogP contribution >= 0.6 is 11.6 Å². The number of hydrogen-bond donors (Lipinski definition) is 2. The van der Waals surface area contributed by atoms with Gasteiger partial charge in [-0.2, -0.15) is 0 Å². The van der Waals surface area contributed by atoms with Gasteiger partial charge in [-0.1, -0.05) is 35.9 Å². The lowest BCUT2D eigenvalue weighted by Gasteiger charge is -2.10. The van der Waals surface area contributed by atoms with Crippen LogP contribution in [-0.4, -0.2) is 15.9 Å². The summed E-state index contributed by atoms with van der Waals surface area (Å²) in [5.41, 5.74) is 2.36. The van der Waals surface area contributed by atoms with Crippen molar-refractivity contribution in [3.63, 3.8) is 0 Å². The largest absolute Gasteiger partial charge is 0.347 e. The summed E-state index contributed by atoms with van der Waals surface area (Å²) in [4.78, 5) is 20.4. The van der Waals surface area contributed by atoms with Gasteiger partial charge in [0.05, 0.1) is 0 Å². The molecule has 0 radical (unpaired) electrons. The topological polar surface area (TPSA) is 66.9 Å². The van der Waals surface area contributed by atoms with Crippen molar-refractivity contribution in [1.29, 1.82) is 0 Å². The molecule has 26 heavy (non-hydrogen) atoms. The van der Waals surface area contributed by atoms with E-state index in [1.807, 2.05) is 13.0 Å². The fourth-order valence-electron chi connectivity index (χ4n) is 2.32. The van der Waals surface area contributed by atoms with Crippen molar-refractivity contribution in [3.8, 4) is 0 Å². The molecule has 1 aromatic heterocycles. The molecule has 2 N–H and O–H groups in total. The van der Waals surface area contributed by atoms with E-state index < -0.39 is 5.91 Å². The van der Waals surface area contributed by atoms with Gasteiger partial charge in [0.1, 0.15) is 23.7 Å². The summed E-state index contributed by atoms with van der Waals surface area (Å²) in [5, 5.41) is 6.36. The highest BCUT2D eigenvalue weighted by Crippen LogP contribution is 2.23. The Labute approximate surface area is 155 Å². The van der Waals surface area contributed by atoms with Gasteiger partial charge < -0.3 is 10.6 Å². The summed E-state index contributed by atoms with van der Waals surface area (Å²) in [6, 6.07) is 13.3. The van der Waals surface area contributed by atoms with Gasteiger partial charge >= 0.3 is 0 Å². The molecule has 132 valence electrons. The smallest absolute Gasteiger partial charge is 0.270 e. The number of anilines is 2. The second kappa shape index (κ2) is 7.93. The predicted molar refractivity (Wildman–Crippen MR) is 99.1 cm³/mol. The molecule has 3 rings (SSSR count). The zero-order valence-corrected chi connectivity index (χ0v) is 14.7. The number of halogens is 2. The molecular weight excluding hydrogens is 355 g/mol. The Balaban J connectivity index is 1.71. The van der Waals surface area contributed by atoms with E-state index in [9.17, 15) is 9.18 Å². The van der Waals surface area contributed by atoms with Crippen LogP contribution in [0.3, 0.4) is 0 Å². The zero-order valence-electron chi connectivity index (χ0n) is 14.0. The van der Waals surface area contributed by atoms with Crippen molar-refractivity contribution >= 4 is 29.0 Å². The predicted octanol–water partition coefficient (Wildman–Crippen LogP) is 4.25. The number of aromatic nitrogens is 2. The quantitative estimate of drug-likeness (QED) is 0.704. The van der Waals surface area contributed by atoms with Crippen molar-refractivity contribution in [3.05, 3.63) is 82.5 Å². The maximum atomic E-state index is 13.6. The third-order valence-electron chi connectivity index (χ3n) is 3.76. The summed E-state index contributed by atoms with van der Waals surface area (Å²) in [5.74, 6) is -0.322. The molecule has 0 aliphatic rings.